The molecule has 1 heterocycles. The van der Waals surface area contributed by atoms with Crippen molar-refractivity contribution < 1.29 is 4.79 Å². The van der Waals surface area contributed by atoms with Gasteiger partial charge in [-0.15, -0.1) is 0 Å². The van der Waals surface area contributed by atoms with Gasteiger partial charge in [0.1, 0.15) is 0 Å². The molecule has 1 rings (SSSR count). The van der Waals surface area contributed by atoms with E-state index in [4.69, 9.17) is 0 Å². The minimum absolute atomic E-state index is 0.0673. The second-order valence-electron chi connectivity index (χ2n) is 2.36. The van der Waals surface area contributed by atoms with Gasteiger partial charge in [0.05, 0.1) is 0 Å². The molecule has 0 unspecified atom stereocenters. The molecule has 0 aliphatic rings. The maximum Gasteiger partial charge on any atom is 0.221 e. The number of thiophene rings is 1. The largest absolute Gasteiger partial charge is 0.384 e. The third kappa shape index (κ3) is 2.92. The Morgan fingerprint density at radius 3 is 3.08 bits per heavy atom. The van der Waals surface area contributed by atoms with Gasteiger partial charge in [-0.1, -0.05) is 0 Å². The fraction of sp³-hybridized carbons (Fsp3) is 0.375. The topological polar surface area (TPSA) is 41.1 Å². The Bertz CT molecular complexity index is 233. The maximum atomic E-state index is 10.8. The van der Waals surface area contributed by atoms with Crippen LogP contribution in [0.25, 0.3) is 0 Å². The number of hydrogen-bond acceptors (Lipinski definition) is 3. The van der Waals surface area contributed by atoms with Crippen LogP contribution in [0.2, 0.25) is 0 Å². The van der Waals surface area contributed by atoms with Crippen molar-refractivity contribution in [3.63, 3.8) is 0 Å². The van der Waals surface area contributed by atoms with E-state index in [1.54, 1.807) is 18.4 Å². The molecule has 0 radical (unpaired) electrons. The fourth-order valence-corrected chi connectivity index (χ4v) is 1.42. The zero-order valence-electron chi connectivity index (χ0n) is 6.96. The second-order valence-corrected chi connectivity index (χ2v) is 3.14. The normalized spacial score (nSPS) is 9.42. The van der Waals surface area contributed by atoms with Gasteiger partial charge >= 0.3 is 0 Å². The van der Waals surface area contributed by atoms with Crippen LogP contribution >= 0.6 is 11.3 Å². The van der Waals surface area contributed by atoms with Gasteiger partial charge in [-0.3, -0.25) is 4.79 Å². The lowest BCUT2D eigenvalue weighted by Crippen LogP contribution is -2.20. The molecule has 0 saturated carbocycles. The number of carbonyl (C=O) groups excluding carboxylic acids is 1. The smallest absolute Gasteiger partial charge is 0.221 e. The van der Waals surface area contributed by atoms with Crippen molar-refractivity contribution in [1.29, 1.82) is 0 Å². The van der Waals surface area contributed by atoms with Crippen LogP contribution in [0.5, 0.6) is 0 Å². The highest BCUT2D eigenvalue weighted by Crippen LogP contribution is 2.11. The van der Waals surface area contributed by atoms with Gasteiger partial charge in [-0.2, -0.15) is 11.3 Å². The average Bonchev–Trinajstić information content (AvgIpc) is 2.57. The van der Waals surface area contributed by atoms with Crippen LogP contribution in [0.4, 0.5) is 5.69 Å². The lowest BCUT2D eigenvalue weighted by atomic mass is 10.4. The average molecular weight is 184 g/mol. The molecule has 0 spiro atoms. The molecule has 3 nitrogen and oxygen atoms in total. The maximum absolute atomic E-state index is 10.8. The van der Waals surface area contributed by atoms with Gasteiger partial charge in [0, 0.05) is 31.1 Å². The molecule has 0 fully saturated rings. The fourth-order valence-electron chi connectivity index (χ4n) is 0.810. The highest BCUT2D eigenvalue weighted by Gasteiger charge is 1.96. The quantitative estimate of drug-likeness (QED) is 0.740. The summed E-state index contributed by atoms with van der Waals surface area (Å²) >= 11 is 1.64. The Morgan fingerprint density at radius 1 is 1.67 bits per heavy atom. The summed E-state index contributed by atoms with van der Waals surface area (Å²) in [4.78, 5) is 10.8. The number of hydrogen-bond donors (Lipinski definition) is 2. The SMILES string of the molecule is CNC(=O)CCNc1ccsc1. The van der Waals surface area contributed by atoms with E-state index in [0.29, 0.717) is 13.0 Å². The molecule has 0 aliphatic carbocycles. The van der Waals surface area contributed by atoms with E-state index in [1.165, 1.54) is 0 Å². The molecule has 0 atom stereocenters. The van der Waals surface area contributed by atoms with E-state index in [2.05, 4.69) is 10.6 Å². The summed E-state index contributed by atoms with van der Waals surface area (Å²) in [5, 5.41) is 9.73. The van der Waals surface area contributed by atoms with Gasteiger partial charge < -0.3 is 10.6 Å². The van der Waals surface area contributed by atoms with Gasteiger partial charge in [-0.05, 0) is 11.4 Å². The number of rotatable bonds is 4. The minimum Gasteiger partial charge on any atom is -0.384 e. The van der Waals surface area contributed by atoms with Gasteiger partial charge in [0.15, 0.2) is 0 Å². The molecule has 0 bridgehead atoms. The van der Waals surface area contributed by atoms with Gasteiger partial charge in [0.25, 0.3) is 0 Å². The third-order valence-corrected chi connectivity index (χ3v) is 2.16. The van der Waals surface area contributed by atoms with E-state index < -0.39 is 0 Å². The van der Waals surface area contributed by atoms with E-state index in [-0.39, 0.29) is 5.91 Å². The molecule has 1 amide bonds. The number of amides is 1. The Labute approximate surface area is 75.8 Å². The number of anilines is 1. The molecule has 0 aromatic carbocycles. The molecule has 1 aromatic heterocycles. The van der Waals surface area contributed by atoms with Crippen molar-refractivity contribution in [2.24, 2.45) is 0 Å². The van der Waals surface area contributed by atoms with Crippen molar-refractivity contribution in [3.05, 3.63) is 16.8 Å². The molecule has 2 N–H and O–H groups in total. The summed E-state index contributed by atoms with van der Waals surface area (Å²) in [5.74, 6) is 0.0673. The van der Waals surface area contributed by atoms with Gasteiger partial charge in [0.2, 0.25) is 5.91 Å². The number of carbonyl (C=O) groups is 1. The van der Waals surface area contributed by atoms with Crippen LogP contribution in [0.1, 0.15) is 6.42 Å². The standard InChI is InChI=1S/C8H12N2OS/c1-9-8(11)2-4-10-7-3-5-12-6-7/h3,5-6,10H,2,4H2,1H3,(H,9,11). The molecule has 1 aromatic rings. The first-order valence-corrected chi connectivity index (χ1v) is 4.74. The highest BCUT2D eigenvalue weighted by atomic mass is 32.1. The van der Waals surface area contributed by atoms with E-state index in [9.17, 15) is 4.79 Å². The summed E-state index contributed by atoms with van der Waals surface area (Å²) in [5.41, 5.74) is 1.09. The monoisotopic (exact) mass is 184 g/mol. The van der Waals surface area contributed by atoms with Crippen LogP contribution in [0, 0.1) is 0 Å². The minimum atomic E-state index is 0.0673. The Morgan fingerprint density at radius 2 is 2.50 bits per heavy atom. The van der Waals surface area contributed by atoms with E-state index in [1.807, 2.05) is 16.8 Å². The van der Waals surface area contributed by atoms with Crippen LogP contribution in [0.3, 0.4) is 0 Å². The van der Waals surface area contributed by atoms with Crippen LogP contribution in [0.15, 0.2) is 16.8 Å². The molecule has 0 aliphatic heterocycles. The Hall–Kier alpha value is -1.03. The molecule has 12 heavy (non-hydrogen) atoms. The summed E-state index contributed by atoms with van der Waals surface area (Å²) in [6, 6.07) is 1.99. The van der Waals surface area contributed by atoms with Crippen LogP contribution in [-0.4, -0.2) is 19.5 Å². The van der Waals surface area contributed by atoms with Gasteiger partial charge in [-0.25, -0.2) is 0 Å². The summed E-state index contributed by atoms with van der Waals surface area (Å²) < 4.78 is 0. The number of nitrogens with one attached hydrogen (secondary N) is 2. The first-order valence-electron chi connectivity index (χ1n) is 3.79. The Balaban J connectivity index is 2.15. The summed E-state index contributed by atoms with van der Waals surface area (Å²) in [7, 11) is 1.65. The predicted molar refractivity (Wildman–Crippen MR) is 51.5 cm³/mol. The van der Waals surface area contributed by atoms with Crippen LogP contribution < -0.4 is 10.6 Å². The lowest BCUT2D eigenvalue weighted by Gasteiger charge is -2.01. The van der Waals surface area contributed by atoms with E-state index >= 15 is 0 Å². The highest BCUT2D eigenvalue weighted by molar-refractivity contribution is 7.08. The molecule has 0 saturated heterocycles. The second kappa shape index (κ2) is 4.77. The van der Waals surface area contributed by atoms with Crippen LogP contribution in [-0.2, 0) is 4.79 Å². The van der Waals surface area contributed by atoms with Crippen molar-refractivity contribution in [3.8, 4) is 0 Å². The molecule has 66 valence electrons. The molecular formula is C8H12N2OS. The third-order valence-electron chi connectivity index (χ3n) is 1.48. The van der Waals surface area contributed by atoms with Crippen molar-refractivity contribution in [1.82, 2.24) is 5.32 Å². The zero-order valence-corrected chi connectivity index (χ0v) is 7.78. The molecule has 4 heteroatoms. The lowest BCUT2D eigenvalue weighted by molar-refractivity contribution is -0.120. The first-order chi connectivity index (χ1) is 5.83. The van der Waals surface area contributed by atoms with Crippen molar-refractivity contribution >= 4 is 22.9 Å². The molecular weight excluding hydrogens is 172 g/mol. The van der Waals surface area contributed by atoms with Crippen molar-refractivity contribution in [2.75, 3.05) is 18.9 Å². The first kappa shape index (κ1) is 9.06. The van der Waals surface area contributed by atoms with E-state index in [0.717, 1.165) is 5.69 Å². The van der Waals surface area contributed by atoms with Crippen molar-refractivity contribution in [2.45, 2.75) is 6.42 Å². The predicted octanol–water partition coefficient (Wildman–Crippen LogP) is 1.30. The Kier molecular flexibility index (Phi) is 3.60. The summed E-state index contributed by atoms with van der Waals surface area (Å²) in [6.45, 7) is 0.691. The zero-order chi connectivity index (χ0) is 8.81. The summed E-state index contributed by atoms with van der Waals surface area (Å²) in [6.07, 6.45) is 0.520.